The van der Waals surface area contributed by atoms with Gasteiger partial charge in [0.15, 0.2) is 5.65 Å². The number of nitrogens with one attached hydrogen (secondary N) is 1. The maximum Gasteiger partial charge on any atom is 0.247 e. The summed E-state index contributed by atoms with van der Waals surface area (Å²) in [5.41, 5.74) is 1.68. The molecule has 0 unspecified atom stereocenters. The molecule has 0 radical (unpaired) electrons. The van der Waals surface area contributed by atoms with Crippen molar-refractivity contribution in [3.8, 4) is 0 Å². The fourth-order valence-electron chi connectivity index (χ4n) is 2.09. The monoisotopic (exact) mass is 283 g/mol. The van der Waals surface area contributed by atoms with Crippen LogP contribution in [0, 0.1) is 5.92 Å². The van der Waals surface area contributed by atoms with E-state index < -0.39 is 0 Å². The van der Waals surface area contributed by atoms with Crippen LogP contribution >= 0.6 is 0 Å². The van der Waals surface area contributed by atoms with Crippen molar-refractivity contribution in [1.29, 1.82) is 0 Å². The van der Waals surface area contributed by atoms with Crippen molar-refractivity contribution in [2.24, 2.45) is 5.92 Å². The van der Waals surface area contributed by atoms with Crippen molar-refractivity contribution < 1.29 is 5.11 Å². The second-order valence-electron chi connectivity index (χ2n) is 5.05. The minimum Gasteiger partial charge on any atom is -0.396 e. The first kappa shape index (κ1) is 13.5. The number of anilines is 2. The van der Waals surface area contributed by atoms with Gasteiger partial charge < -0.3 is 10.4 Å². The van der Waals surface area contributed by atoms with E-state index in [9.17, 15) is 5.11 Å². The predicted octanol–water partition coefficient (Wildman–Crippen LogP) is 2.04. The molecule has 2 aromatic heterocycles. The second-order valence-corrected chi connectivity index (χ2v) is 5.05. The van der Waals surface area contributed by atoms with E-state index in [0.29, 0.717) is 12.4 Å². The van der Waals surface area contributed by atoms with Crippen molar-refractivity contribution in [1.82, 2.24) is 19.6 Å². The summed E-state index contributed by atoms with van der Waals surface area (Å²) >= 11 is 0. The number of benzene rings is 1. The molecule has 0 saturated heterocycles. The smallest absolute Gasteiger partial charge is 0.247 e. The quantitative estimate of drug-likeness (QED) is 0.749. The van der Waals surface area contributed by atoms with Crippen molar-refractivity contribution >= 4 is 17.3 Å². The van der Waals surface area contributed by atoms with Crippen LogP contribution in [-0.2, 0) is 6.42 Å². The lowest BCUT2D eigenvalue weighted by molar-refractivity contribution is 0.235. The molecule has 0 spiro atoms. The fraction of sp³-hybridized carbons (Fsp3) is 0.267. The summed E-state index contributed by atoms with van der Waals surface area (Å²) in [6.07, 6.45) is 2.37. The molecule has 21 heavy (non-hydrogen) atoms. The summed E-state index contributed by atoms with van der Waals surface area (Å²) in [4.78, 5) is 8.78. The van der Waals surface area contributed by atoms with Gasteiger partial charge in [-0.3, -0.25) is 0 Å². The standard InChI is InChI=1S/C15H17N5O/c1-11(10-21)9-14-16-8-7-13-18-15(19-20(13)14)17-12-5-3-2-4-6-12/h2-8,11,21H,9-10H2,1H3,(H,17,19)/t11-/m0/s1. The predicted molar refractivity (Wildman–Crippen MR) is 80.5 cm³/mol. The molecule has 6 nitrogen and oxygen atoms in total. The lowest BCUT2D eigenvalue weighted by Crippen LogP contribution is -2.10. The number of aliphatic hydroxyl groups excluding tert-OH is 1. The summed E-state index contributed by atoms with van der Waals surface area (Å²) in [6, 6.07) is 11.6. The highest BCUT2D eigenvalue weighted by molar-refractivity contribution is 5.55. The van der Waals surface area contributed by atoms with Gasteiger partial charge in [0.25, 0.3) is 0 Å². The van der Waals surface area contributed by atoms with Crippen LogP contribution in [0.4, 0.5) is 11.6 Å². The van der Waals surface area contributed by atoms with Crippen molar-refractivity contribution in [3.63, 3.8) is 0 Å². The normalized spacial score (nSPS) is 12.5. The van der Waals surface area contributed by atoms with Gasteiger partial charge in [0.2, 0.25) is 5.95 Å². The molecule has 1 aromatic carbocycles. The number of hydrogen-bond donors (Lipinski definition) is 2. The summed E-state index contributed by atoms with van der Waals surface area (Å²) < 4.78 is 1.72. The number of para-hydroxylation sites is 1. The lowest BCUT2D eigenvalue weighted by atomic mass is 10.1. The number of rotatable bonds is 5. The molecule has 1 atom stereocenters. The van der Waals surface area contributed by atoms with Gasteiger partial charge in [-0.15, -0.1) is 5.10 Å². The first-order valence-electron chi connectivity index (χ1n) is 6.90. The minimum atomic E-state index is 0.127. The Balaban J connectivity index is 1.91. The van der Waals surface area contributed by atoms with Crippen LogP contribution in [0.5, 0.6) is 0 Å². The summed E-state index contributed by atoms with van der Waals surface area (Å²) in [5, 5.41) is 16.8. The van der Waals surface area contributed by atoms with Gasteiger partial charge in [0.1, 0.15) is 5.82 Å². The number of hydrogen-bond acceptors (Lipinski definition) is 5. The molecule has 2 N–H and O–H groups in total. The number of nitrogens with zero attached hydrogens (tertiary/aromatic N) is 4. The molecule has 0 saturated carbocycles. The van der Waals surface area contributed by atoms with Crippen molar-refractivity contribution in [2.75, 3.05) is 11.9 Å². The highest BCUT2D eigenvalue weighted by Crippen LogP contribution is 2.15. The molecular formula is C15H17N5O. The summed E-state index contributed by atoms with van der Waals surface area (Å²) in [5.74, 6) is 1.47. The van der Waals surface area contributed by atoms with Gasteiger partial charge in [-0.25, -0.2) is 4.98 Å². The first-order chi connectivity index (χ1) is 10.3. The third kappa shape index (κ3) is 3.00. The van der Waals surface area contributed by atoms with E-state index in [1.54, 1.807) is 10.7 Å². The maximum absolute atomic E-state index is 9.18. The highest BCUT2D eigenvalue weighted by Gasteiger charge is 2.11. The molecule has 0 bridgehead atoms. The molecule has 0 aliphatic carbocycles. The Labute approximate surface area is 122 Å². The van der Waals surface area contributed by atoms with Gasteiger partial charge in [0, 0.05) is 31.0 Å². The molecule has 108 valence electrons. The molecule has 0 amide bonds. The number of fused-ring (bicyclic) bond motifs is 1. The van der Waals surface area contributed by atoms with E-state index in [1.165, 1.54) is 0 Å². The van der Waals surface area contributed by atoms with E-state index in [4.69, 9.17) is 0 Å². The molecule has 0 aliphatic heterocycles. The largest absolute Gasteiger partial charge is 0.396 e. The van der Waals surface area contributed by atoms with Crippen molar-refractivity contribution in [3.05, 3.63) is 48.4 Å². The van der Waals surface area contributed by atoms with Crippen LogP contribution in [0.3, 0.4) is 0 Å². The number of aliphatic hydroxyl groups is 1. The van der Waals surface area contributed by atoms with E-state index in [2.05, 4.69) is 20.4 Å². The third-order valence-electron chi connectivity index (χ3n) is 3.20. The van der Waals surface area contributed by atoms with Gasteiger partial charge >= 0.3 is 0 Å². The zero-order valence-electron chi connectivity index (χ0n) is 11.8. The van der Waals surface area contributed by atoms with E-state index in [0.717, 1.165) is 17.2 Å². The Hall–Kier alpha value is -2.47. The molecule has 3 aromatic rings. The summed E-state index contributed by atoms with van der Waals surface area (Å²) in [6.45, 7) is 2.10. The van der Waals surface area contributed by atoms with Gasteiger partial charge in [-0.05, 0) is 18.1 Å². The van der Waals surface area contributed by atoms with Crippen LogP contribution in [0.1, 0.15) is 12.7 Å². The molecule has 6 heteroatoms. The van der Waals surface area contributed by atoms with Gasteiger partial charge in [0.05, 0.1) is 0 Å². The summed E-state index contributed by atoms with van der Waals surface area (Å²) in [7, 11) is 0. The number of aromatic nitrogens is 4. The first-order valence-corrected chi connectivity index (χ1v) is 6.90. The van der Waals surface area contributed by atoms with E-state index in [1.807, 2.05) is 43.3 Å². The average Bonchev–Trinajstić information content (AvgIpc) is 2.91. The third-order valence-corrected chi connectivity index (χ3v) is 3.20. The highest BCUT2D eigenvalue weighted by atomic mass is 16.3. The Morgan fingerprint density at radius 2 is 2.05 bits per heavy atom. The minimum absolute atomic E-state index is 0.127. The molecule has 0 fully saturated rings. The molecule has 2 heterocycles. The van der Waals surface area contributed by atoms with Crippen molar-refractivity contribution in [2.45, 2.75) is 13.3 Å². The Morgan fingerprint density at radius 3 is 2.81 bits per heavy atom. The van der Waals surface area contributed by atoms with Gasteiger partial charge in [-0.1, -0.05) is 25.1 Å². The van der Waals surface area contributed by atoms with E-state index >= 15 is 0 Å². The Morgan fingerprint density at radius 1 is 1.24 bits per heavy atom. The second kappa shape index (κ2) is 5.88. The average molecular weight is 283 g/mol. The van der Waals surface area contributed by atoms with Crippen LogP contribution < -0.4 is 5.32 Å². The Kier molecular flexibility index (Phi) is 3.79. The molecule has 3 rings (SSSR count). The van der Waals surface area contributed by atoms with E-state index in [-0.39, 0.29) is 12.5 Å². The zero-order valence-corrected chi connectivity index (χ0v) is 11.8. The van der Waals surface area contributed by atoms with Crippen LogP contribution in [-0.4, -0.2) is 31.3 Å². The van der Waals surface area contributed by atoms with Crippen LogP contribution in [0.15, 0.2) is 42.6 Å². The Bertz CT molecular complexity index is 725. The topological polar surface area (TPSA) is 75.3 Å². The van der Waals surface area contributed by atoms with Crippen LogP contribution in [0.2, 0.25) is 0 Å². The van der Waals surface area contributed by atoms with Crippen LogP contribution in [0.25, 0.3) is 5.65 Å². The SMILES string of the molecule is C[C@H](CO)Cc1nccc2nc(Nc3ccccc3)nn12. The fourth-order valence-corrected chi connectivity index (χ4v) is 2.09. The molecule has 0 aliphatic rings. The molecular weight excluding hydrogens is 266 g/mol. The zero-order chi connectivity index (χ0) is 14.7. The lowest BCUT2D eigenvalue weighted by Gasteiger charge is -2.07. The van der Waals surface area contributed by atoms with Gasteiger partial charge in [-0.2, -0.15) is 9.50 Å². The maximum atomic E-state index is 9.18.